The van der Waals surface area contributed by atoms with Crippen molar-refractivity contribution in [2.24, 2.45) is 12.5 Å². The molecule has 0 unspecified atom stereocenters. The molecule has 0 saturated heterocycles. The van der Waals surface area contributed by atoms with Crippen LogP contribution in [-0.4, -0.2) is 28.1 Å². The first-order valence-corrected chi connectivity index (χ1v) is 6.32. The molecule has 0 saturated carbocycles. The van der Waals surface area contributed by atoms with E-state index in [4.69, 9.17) is 11.6 Å². The van der Waals surface area contributed by atoms with Gasteiger partial charge in [0.25, 0.3) is 5.91 Å². The molecule has 0 fully saturated rings. The van der Waals surface area contributed by atoms with Gasteiger partial charge in [-0.15, -0.1) is 11.6 Å². The Labute approximate surface area is 107 Å². The Kier molecular flexibility index (Phi) is 5.00. The average Bonchev–Trinajstić information content (AvgIpc) is 2.70. The van der Waals surface area contributed by atoms with E-state index >= 15 is 0 Å². The van der Waals surface area contributed by atoms with Crippen molar-refractivity contribution in [3.63, 3.8) is 0 Å². The minimum absolute atomic E-state index is 0.0726. The number of alkyl halides is 1. The molecule has 0 aliphatic carbocycles. The van der Waals surface area contributed by atoms with Crippen LogP contribution in [-0.2, 0) is 7.05 Å². The number of carbonyl (C=O) groups excluding carboxylic acids is 1. The van der Waals surface area contributed by atoms with Gasteiger partial charge < -0.3 is 5.32 Å². The van der Waals surface area contributed by atoms with E-state index in [2.05, 4.69) is 24.3 Å². The van der Waals surface area contributed by atoms with Gasteiger partial charge in [-0.2, -0.15) is 5.10 Å². The van der Waals surface area contributed by atoms with E-state index in [-0.39, 0.29) is 11.3 Å². The zero-order valence-electron chi connectivity index (χ0n) is 10.7. The van der Waals surface area contributed by atoms with Gasteiger partial charge >= 0.3 is 0 Å². The molecule has 1 N–H and O–H groups in total. The fourth-order valence-corrected chi connectivity index (χ4v) is 1.77. The Bertz CT molecular complexity index is 374. The summed E-state index contributed by atoms with van der Waals surface area (Å²) < 4.78 is 1.57. The van der Waals surface area contributed by atoms with Crippen LogP contribution in [0.5, 0.6) is 0 Å². The summed E-state index contributed by atoms with van der Waals surface area (Å²) in [5, 5.41) is 6.90. The molecule has 17 heavy (non-hydrogen) atoms. The fraction of sp³-hybridized carbons (Fsp3) is 0.667. The first-order valence-electron chi connectivity index (χ1n) is 5.78. The van der Waals surface area contributed by atoms with Crippen LogP contribution in [0, 0.1) is 5.41 Å². The summed E-state index contributed by atoms with van der Waals surface area (Å²) in [6.07, 6.45) is 3.59. The van der Waals surface area contributed by atoms with Gasteiger partial charge in [0.1, 0.15) is 5.69 Å². The molecule has 1 aromatic heterocycles. The Morgan fingerprint density at radius 3 is 2.82 bits per heavy atom. The highest BCUT2D eigenvalue weighted by atomic mass is 35.5. The summed E-state index contributed by atoms with van der Waals surface area (Å²) in [6, 6.07) is 1.71. The second-order valence-electron chi connectivity index (χ2n) is 4.98. The topological polar surface area (TPSA) is 46.9 Å². The summed E-state index contributed by atoms with van der Waals surface area (Å²) in [5.74, 6) is 0.586. The predicted octanol–water partition coefficient (Wildman–Crippen LogP) is 2.20. The molecule has 5 heteroatoms. The van der Waals surface area contributed by atoms with Crippen molar-refractivity contribution in [2.45, 2.75) is 26.7 Å². The number of amides is 1. The molecule has 0 aliphatic heterocycles. The number of nitrogens with zero attached hydrogens (tertiary/aromatic N) is 2. The Balaban J connectivity index is 2.45. The van der Waals surface area contributed by atoms with Gasteiger partial charge in [0.2, 0.25) is 0 Å². The first-order chi connectivity index (χ1) is 7.96. The van der Waals surface area contributed by atoms with E-state index in [0.717, 1.165) is 12.8 Å². The van der Waals surface area contributed by atoms with Crippen LogP contribution in [0.1, 0.15) is 37.2 Å². The molecular weight excluding hydrogens is 238 g/mol. The van der Waals surface area contributed by atoms with E-state index in [1.807, 2.05) is 0 Å². The predicted molar refractivity (Wildman–Crippen MR) is 69.3 cm³/mol. The molecule has 0 bridgehead atoms. The molecule has 1 aromatic rings. The van der Waals surface area contributed by atoms with Crippen molar-refractivity contribution in [3.8, 4) is 0 Å². The maximum Gasteiger partial charge on any atom is 0.269 e. The highest BCUT2D eigenvalue weighted by Crippen LogP contribution is 2.21. The molecule has 0 radical (unpaired) electrons. The monoisotopic (exact) mass is 257 g/mol. The van der Waals surface area contributed by atoms with Crippen LogP contribution < -0.4 is 5.32 Å². The van der Waals surface area contributed by atoms with Crippen LogP contribution in [0.15, 0.2) is 12.3 Å². The van der Waals surface area contributed by atoms with Crippen molar-refractivity contribution in [3.05, 3.63) is 18.0 Å². The third-order valence-electron chi connectivity index (χ3n) is 2.77. The number of carbonyl (C=O) groups is 1. The van der Waals surface area contributed by atoms with E-state index in [1.165, 1.54) is 0 Å². The summed E-state index contributed by atoms with van der Waals surface area (Å²) in [6.45, 7) is 4.90. The van der Waals surface area contributed by atoms with Gasteiger partial charge in [0.05, 0.1) is 0 Å². The number of nitrogens with one attached hydrogen (secondary N) is 1. The third-order valence-corrected chi connectivity index (χ3v) is 3.04. The van der Waals surface area contributed by atoms with Gasteiger partial charge in [-0.1, -0.05) is 13.8 Å². The second kappa shape index (κ2) is 6.05. The average molecular weight is 258 g/mol. The highest BCUT2D eigenvalue weighted by molar-refractivity contribution is 6.17. The Morgan fingerprint density at radius 2 is 2.29 bits per heavy atom. The zero-order valence-corrected chi connectivity index (χ0v) is 11.4. The Morgan fingerprint density at radius 1 is 1.59 bits per heavy atom. The number of aromatic nitrogens is 2. The van der Waals surface area contributed by atoms with Crippen molar-refractivity contribution < 1.29 is 4.79 Å². The molecule has 4 nitrogen and oxygen atoms in total. The van der Waals surface area contributed by atoms with Crippen LogP contribution >= 0.6 is 11.6 Å². The fourth-order valence-electron chi connectivity index (χ4n) is 1.64. The Hall–Kier alpha value is -1.03. The van der Waals surface area contributed by atoms with E-state index < -0.39 is 0 Å². The van der Waals surface area contributed by atoms with Crippen LogP contribution in [0.3, 0.4) is 0 Å². The highest BCUT2D eigenvalue weighted by Gasteiger charge is 2.19. The van der Waals surface area contributed by atoms with Crippen LogP contribution in [0.4, 0.5) is 0 Å². The minimum Gasteiger partial charge on any atom is -0.350 e. The van der Waals surface area contributed by atoms with E-state index in [1.54, 1.807) is 24.0 Å². The summed E-state index contributed by atoms with van der Waals surface area (Å²) >= 11 is 5.67. The number of halogens is 1. The van der Waals surface area contributed by atoms with Crippen molar-refractivity contribution >= 4 is 17.5 Å². The van der Waals surface area contributed by atoms with Gasteiger partial charge in [-0.25, -0.2) is 0 Å². The number of hydrogen-bond acceptors (Lipinski definition) is 2. The molecule has 0 atom stereocenters. The van der Waals surface area contributed by atoms with Crippen molar-refractivity contribution in [1.82, 2.24) is 15.1 Å². The maximum atomic E-state index is 11.8. The lowest BCUT2D eigenvalue weighted by Gasteiger charge is -2.24. The number of aryl methyl sites for hydroxylation is 1. The van der Waals surface area contributed by atoms with Gasteiger partial charge in [-0.3, -0.25) is 9.48 Å². The third kappa shape index (κ3) is 4.38. The first kappa shape index (κ1) is 14.0. The number of hydrogen-bond donors (Lipinski definition) is 1. The van der Waals surface area contributed by atoms with Crippen molar-refractivity contribution in [1.29, 1.82) is 0 Å². The standard InChI is InChI=1S/C12H20ClN3O/c1-12(2,6-4-7-13)9-14-11(17)10-5-8-15-16(10)3/h5,8H,4,6-7,9H2,1-3H3,(H,14,17). The quantitative estimate of drug-likeness (QED) is 0.795. The molecule has 1 heterocycles. The molecule has 0 spiro atoms. The molecule has 96 valence electrons. The molecule has 1 rings (SSSR count). The van der Waals surface area contributed by atoms with Gasteiger partial charge in [-0.05, 0) is 24.3 Å². The van der Waals surface area contributed by atoms with Crippen LogP contribution in [0.25, 0.3) is 0 Å². The maximum absolute atomic E-state index is 11.8. The summed E-state index contributed by atoms with van der Waals surface area (Å²) in [7, 11) is 1.76. The van der Waals surface area contributed by atoms with Crippen molar-refractivity contribution in [2.75, 3.05) is 12.4 Å². The molecule has 0 aromatic carbocycles. The smallest absolute Gasteiger partial charge is 0.269 e. The lowest BCUT2D eigenvalue weighted by atomic mass is 9.88. The minimum atomic E-state index is -0.0797. The summed E-state index contributed by atoms with van der Waals surface area (Å²) in [4.78, 5) is 11.8. The summed E-state index contributed by atoms with van der Waals surface area (Å²) in [5.41, 5.74) is 0.654. The van der Waals surface area contributed by atoms with Gasteiger partial charge in [0.15, 0.2) is 0 Å². The normalized spacial score (nSPS) is 11.5. The second-order valence-corrected chi connectivity index (χ2v) is 5.36. The number of rotatable bonds is 6. The lowest BCUT2D eigenvalue weighted by Crippen LogP contribution is -2.35. The zero-order chi connectivity index (χ0) is 12.9. The van der Waals surface area contributed by atoms with E-state index in [9.17, 15) is 4.79 Å². The molecule has 0 aliphatic rings. The lowest BCUT2D eigenvalue weighted by molar-refractivity contribution is 0.0925. The van der Waals surface area contributed by atoms with Crippen LogP contribution in [0.2, 0.25) is 0 Å². The van der Waals surface area contributed by atoms with E-state index in [0.29, 0.717) is 18.1 Å². The molecular formula is C12H20ClN3O. The largest absolute Gasteiger partial charge is 0.350 e. The SMILES string of the molecule is Cn1nccc1C(=O)NCC(C)(C)CCCCl. The molecule has 1 amide bonds. The van der Waals surface area contributed by atoms with Gasteiger partial charge in [0, 0.05) is 25.7 Å².